The summed E-state index contributed by atoms with van der Waals surface area (Å²) in [5.41, 5.74) is 5.60. The Morgan fingerprint density at radius 1 is 1.47 bits per heavy atom. The highest BCUT2D eigenvalue weighted by molar-refractivity contribution is 5.73. The predicted octanol–water partition coefficient (Wildman–Crippen LogP) is 0.784. The van der Waals surface area contributed by atoms with Crippen LogP contribution in [0.1, 0.15) is 18.9 Å². The number of nitrogens with zero attached hydrogens (tertiary/aromatic N) is 4. The first-order chi connectivity index (χ1) is 8.08. The number of amides is 2. The van der Waals surface area contributed by atoms with Crippen LogP contribution >= 0.6 is 0 Å². The van der Waals surface area contributed by atoms with Gasteiger partial charge in [-0.2, -0.15) is 5.10 Å². The molecule has 6 heteroatoms. The van der Waals surface area contributed by atoms with Gasteiger partial charge in [-0.3, -0.25) is 4.68 Å². The number of aromatic nitrogens is 2. The van der Waals surface area contributed by atoms with Gasteiger partial charge in [-0.25, -0.2) is 4.79 Å². The molecule has 0 bridgehead atoms. The highest BCUT2D eigenvalue weighted by Gasteiger charge is 2.24. The van der Waals surface area contributed by atoms with Gasteiger partial charge in [0, 0.05) is 33.4 Å². The minimum Gasteiger partial charge on any atom is -0.382 e. The van der Waals surface area contributed by atoms with Crippen molar-refractivity contribution in [2.45, 2.75) is 18.9 Å². The van der Waals surface area contributed by atoms with Crippen LogP contribution in [0.3, 0.4) is 0 Å². The molecule has 0 saturated carbocycles. The first-order valence-corrected chi connectivity index (χ1v) is 5.85. The van der Waals surface area contributed by atoms with Crippen LogP contribution in [-0.2, 0) is 0 Å². The molecule has 0 aliphatic carbocycles. The fourth-order valence-electron chi connectivity index (χ4n) is 2.16. The Bertz CT molecular complexity index is 392. The van der Waals surface area contributed by atoms with Gasteiger partial charge in [-0.15, -0.1) is 0 Å². The summed E-state index contributed by atoms with van der Waals surface area (Å²) in [6.07, 6.45) is 3.77. The zero-order chi connectivity index (χ0) is 12.4. The van der Waals surface area contributed by atoms with Gasteiger partial charge in [0.1, 0.15) is 5.82 Å². The van der Waals surface area contributed by atoms with Crippen molar-refractivity contribution in [1.29, 1.82) is 0 Å². The molecule has 0 radical (unpaired) electrons. The van der Waals surface area contributed by atoms with E-state index in [9.17, 15) is 4.79 Å². The first-order valence-electron chi connectivity index (χ1n) is 5.85. The van der Waals surface area contributed by atoms with Gasteiger partial charge in [0.25, 0.3) is 0 Å². The maximum atomic E-state index is 11.8. The molecular weight excluding hydrogens is 218 g/mol. The van der Waals surface area contributed by atoms with Crippen molar-refractivity contribution in [2.24, 2.45) is 0 Å². The van der Waals surface area contributed by atoms with E-state index in [-0.39, 0.29) is 6.03 Å². The van der Waals surface area contributed by atoms with Crippen LogP contribution in [0.2, 0.25) is 0 Å². The number of anilines is 1. The first kappa shape index (κ1) is 11.8. The van der Waals surface area contributed by atoms with E-state index < -0.39 is 0 Å². The summed E-state index contributed by atoms with van der Waals surface area (Å²) in [5, 5.41) is 4.22. The SMILES string of the molecule is CN(C)C(=O)N1CCC(n2ccc(N)n2)CC1. The van der Waals surface area contributed by atoms with Crippen molar-refractivity contribution in [1.82, 2.24) is 19.6 Å². The topological polar surface area (TPSA) is 67.4 Å². The third-order valence-electron chi connectivity index (χ3n) is 3.12. The number of likely N-dealkylation sites (tertiary alicyclic amines) is 1. The minimum atomic E-state index is 0.0865. The third kappa shape index (κ3) is 2.51. The summed E-state index contributed by atoms with van der Waals surface area (Å²) in [7, 11) is 3.56. The molecule has 2 rings (SSSR count). The standard InChI is InChI=1S/C11H19N5O/c1-14(2)11(17)15-6-3-9(4-7-15)16-8-5-10(12)13-16/h5,8-9H,3-4,6-7H2,1-2H3,(H2,12,13). The van der Waals surface area contributed by atoms with Crippen LogP contribution in [0.25, 0.3) is 0 Å². The Morgan fingerprint density at radius 3 is 2.59 bits per heavy atom. The molecule has 1 aliphatic heterocycles. The fourth-order valence-corrected chi connectivity index (χ4v) is 2.16. The van der Waals surface area contributed by atoms with E-state index in [2.05, 4.69) is 5.10 Å². The largest absolute Gasteiger partial charge is 0.382 e. The molecule has 6 nitrogen and oxygen atoms in total. The van der Waals surface area contributed by atoms with Gasteiger partial charge in [0.2, 0.25) is 0 Å². The molecular formula is C11H19N5O. The third-order valence-corrected chi connectivity index (χ3v) is 3.12. The summed E-state index contributed by atoms with van der Waals surface area (Å²) in [5.74, 6) is 0.553. The van der Waals surface area contributed by atoms with Gasteiger partial charge in [-0.1, -0.05) is 0 Å². The van der Waals surface area contributed by atoms with Crippen molar-refractivity contribution in [3.8, 4) is 0 Å². The normalized spacial score (nSPS) is 17.2. The van der Waals surface area contributed by atoms with Gasteiger partial charge < -0.3 is 15.5 Å². The Balaban J connectivity index is 1.92. The van der Waals surface area contributed by atoms with E-state index in [1.54, 1.807) is 25.1 Å². The summed E-state index contributed by atoms with van der Waals surface area (Å²) in [6, 6.07) is 2.25. The lowest BCUT2D eigenvalue weighted by atomic mass is 10.1. The van der Waals surface area contributed by atoms with E-state index in [4.69, 9.17) is 5.73 Å². The van der Waals surface area contributed by atoms with E-state index in [0.717, 1.165) is 25.9 Å². The van der Waals surface area contributed by atoms with Crippen molar-refractivity contribution in [3.63, 3.8) is 0 Å². The average molecular weight is 237 g/mol. The van der Waals surface area contributed by atoms with Gasteiger partial charge >= 0.3 is 6.03 Å². The van der Waals surface area contributed by atoms with Crippen LogP contribution in [0, 0.1) is 0 Å². The average Bonchev–Trinajstić information content (AvgIpc) is 2.75. The number of rotatable bonds is 1. The summed E-state index contributed by atoms with van der Waals surface area (Å²) >= 11 is 0. The van der Waals surface area contributed by atoms with Gasteiger partial charge in [0.15, 0.2) is 0 Å². The number of urea groups is 1. The fraction of sp³-hybridized carbons (Fsp3) is 0.636. The lowest BCUT2D eigenvalue weighted by Gasteiger charge is -2.33. The molecule has 0 aromatic carbocycles. The number of hydrogen-bond donors (Lipinski definition) is 1. The number of carbonyl (C=O) groups is 1. The zero-order valence-electron chi connectivity index (χ0n) is 10.3. The van der Waals surface area contributed by atoms with E-state index >= 15 is 0 Å². The van der Waals surface area contributed by atoms with Crippen molar-refractivity contribution >= 4 is 11.8 Å². The van der Waals surface area contributed by atoms with E-state index in [0.29, 0.717) is 11.9 Å². The van der Waals surface area contributed by atoms with Gasteiger partial charge in [-0.05, 0) is 18.9 Å². The summed E-state index contributed by atoms with van der Waals surface area (Å²) in [4.78, 5) is 15.3. The van der Waals surface area contributed by atoms with E-state index in [1.165, 1.54) is 0 Å². The lowest BCUT2D eigenvalue weighted by Crippen LogP contribution is -2.44. The maximum Gasteiger partial charge on any atom is 0.319 e. The highest BCUT2D eigenvalue weighted by atomic mass is 16.2. The van der Waals surface area contributed by atoms with Crippen LogP contribution in [0.5, 0.6) is 0 Å². The maximum absolute atomic E-state index is 11.8. The van der Waals surface area contributed by atoms with Crippen LogP contribution in [0.4, 0.5) is 10.6 Å². The molecule has 1 aliphatic rings. The molecule has 2 N–H and O–H groups in total. The number of nitrogens with two attached hydrogens (primary N) is 1. The second-order valence-corrected chi connectivity index (χ2v) is 4.62. The quantitative estimate of drug-likeness (QED) is 0.785. The second kappa shape index (κ2) is 4.65. The Kier molecular flexibility index (Phi) is 3.21. The van der Waals surface area contributed by atoms with Gasteiger partial charge in [0.05, 0.1) is 6.04 Å². The molecule has 0 unspecified atom stereocenters. The molecule has 0 atom stereocenters. The Hall–Kier alpha value is -1.72. The molecule has 17 heavy (non-hydrogen) atoms. The monoisotopic (exact) mass is 237 g/mol. The number of nitrogen functional groups attached to an aromatic ring is 1. The van der Waals surface area contributed by atoms with Crippen LogP contribution in [0.15, 0.2) is 12.3 Å². The lowest BCUT2D eigenvalue weighted by molar-refractivity contribution is 0.146. The smallest absolute Gasteiger partial charge is 0.319 e. The summed E-state index contributed by atoms with van der Waals surface area (Å²) in [6.45, 7) is 1.56. The molecule has 2 heterocycles. The minimum absolute atomic E-state index is 0.0865. The molecule has 2 amide bonds. The summed E-state index contributed by atoms with van der Waals surface area (Å²) < 4.78 is 1.91. The number of piperidine rings is 1. The molecule has 94 valence electrons. The Morgan fingerprint density at radius 2 is 2.12 bits per heavy atom. The van der Waals surface area contributed by atoms with Crippen molar-refractivity contribution in [3.05, 3.63) is 12.3 Å². The number of carbonyl (C=O) groups excluding carboxylic acids is 1. The molecule has 1 aromatic rings. The highest BCUT2D eigenvalue weighted by Crippen LogP contribution is 2.22. The zero-order valence-corrected chi connectivity index (χ0v) is 10.3. The van der Waals surface area contributed by atoms with Crippen LogP contribution in [-0.4, -0.2) is 52.8 Å². The van der Waals surface area contributed by atoms with Crippen molar-refractivity contribution in [2.75, 3.05) is 32.9 Å². The van der Waals surface area contributed by atoms with E-state index in [1.807, 2.05) is 15.8 Å². The second-order valence-electron chi connectivity index (χ2n) is 4.62. The van der Waals surface area contributed by atoms with Crippen molar-refractivity contribution < 1.29 is 4.79 Å². The molecule has 1 fully saturated rings. The number of hydrogen-bond acceptors (Lipinski definition) is 3. The molecule has 0 spiro atoms. The predicted molar refractivity (Wildman–Crippen MR) is 65.6 cm³/mol. The Labute approximate surface area is 101 Å². The molecule has 1 aromatic heterocycles. The molecule has 1 saturated heterocycles. The van der Waals surface area contributed by atoms with Crippen LogP contribution < -0.4 is 5.73 Å².